The quantitative estimate of drug-likeness (QED) is 0.532. The lowest BCUT2D eigenvalue weighted by Gasteiger charge is -1.84. The van der Waals surface area contributed by atoms with E-state index in [-0.39, 0.29) is 0 Å². The molecule has 0 bridgehead atoms. The molecule has 1 aromatic rings. The van der Waals surface area contributed by atoms with Crippen molar-refractivity contribution in [3.63, 3.8) is 0 Å². The lowest BCUT2D eigenvalue weighted by molar-refractivity contribution is 1.04. The smallest absolute Gasteiger partial charge is 0.165 e. The van der Waals surface area contributed by atoms with E-state index in [2.05, 4.69) is 9.97 Å². The number of alkyl halides is 1. The first-order chi connectivity index (χ1) is 4.36. The first-order valence-electron chi connectivity index (χ1n) is 2.50. The molecule has 1 rings (SSSR count). The molecule has 4 heteroatoms. The van der Waals surface area contributed by atoms with Gasteiger partial charge in [0, 0.05) is 0 Å². The number of halogens is 1. The molecule has 0 spiro atoms. The number of nitrogens with zero attached hydrogens (tertiary/aromatic N) is 1. The molecule has 0 fully saturated rings. The number of hydrogen-bond acceptors (Lipinski definition) is 2. The van der Waals surface area contributed by atoms with Crippen LogP contribution >= 0.6 is 23.4 Å². The normalized spacial score (nSPS) is 10.0. The van der Waals surface area contributed by atoms with Gasteiger partial charge in [-0.2, -0.15) is 0 Å². The monoisotopic (exact) mass is 162 g/mol. The molecule has 0 aromatic carbocycles. The van der Waals surface area contributed by atoms with Gasteiger partial charge in [-0.15, -0.1) is 11.6 Å². The Bertz CT molecular complexity index is 168. The third-order valence-electron chi connectivity index (χ3n) is 0.942. The Kier molecular flexibility index (Phi) is 2.42. The van der Waals surface area contributed by atoms with Crippen LogP contribution in [-0.2, 0) is 5.88 Å². The highest BCUT2D eigenvalue weighted by Gasteiger charge is 1.94. The number of aromatic amines is 1. The topological polar surface area (TPSA) is 28.7 Å². The summed E-state index contributed by atoms with van der Waals surface area (Å²) in [5, 5.41) is 0.922. The van der Waals surface area contributed by atoms with E-state index in [1.54, 1.807) is 18.0 Å². The molecule has 1 heterocycles. The van der Waals surface area contributed by atoms with Gasteiger partial charge in [-0.1, -0.05) is 11.8 Å². The molecular formula is C5H7ClN2S. The fourth-order valence-corrected chi connectivity index (χ4v) is 1.04. The standard InChI is InChI=1S/C5H7ClN2S/c1-9-5-7-3-4(2-6)8-5/h3H,2H2,1H3,(H,7,8). The number of thioether (sulfide) groups is 1. The fraction of sp³-hybridized carbons (Fsp3) is 0.400. The molecule has 2 nitrogen and oxygen atoms in total. The SMILES string of the molecule is CSc1ncc(CCl)[nH]1. The van der Waals surface area contributed by atoms with Gasteiger partial charge in [-0.05, 0) is 6.26 Å². The molecule has 50 valence electrons. The summed E-state index contributed by atoms with van der Waals surface area (Å²) >= 11 is 7.10. The van der Waals surface area contributed by atoms with Gasteiger partial charge in [-0.3, -0.25) is 0 Å². The average molecular weight is 163 g/mol. The van der Waals surface area contributed by atoms with Crippen molar-refractivity contribution in [1.29, 1.82) is 0 Å². The Morgan fingerprint density at radius 2 is 2.67 bits per heavy atom. The predicted molar refractivity (Wildman–Crippen MR) is 39.9 cm³/mol. The fourth-order valence-electron chi connectivity index (χ4n) is 0.510. The van der Waals surface area contributed by atoms with Crippen LogP contribution < -0.4 is 0 Å². The maximum atomic E-state index is 5.52. The van der Waals surface area contributed by atoms with Crippen LogP contribution in [0, 0.1) is 0 Å². The lowest BCUT2D eigenvalue weighted by atomic mass is 10.6. The van der Waals surface area contributed by atoms with Gasteiger partial charge >= 0.3 is 0 Å². The molecule has 0 atom stereocenters. The first-order valence-corrected chi connectivity index (χ1v) is 4.26. The van der Waals surface area contributed by atoms with Gasteiger partial charge in [0.15, 0.2) is 5.16 Å². The zero-order chi connectivity index (χ0) is 6.69. The molecule has 0 amide bonds. The van der Waals surface area contributed by atoms with Crippen LogP contribution in [0.2, 0.25) is 0 Å². The van der Waals surface area contributed by atoms with E-state index in [0.29, 0.717) is 5.88 Å². The van der Waals surface area contributed by atoms with Crippen molar-refractivity contribution >= 4 is 23.4 Å². The van der Waals surface area contributed by atoms with Crippen molar-refractivity contribution in [1.82, 2.24) is 9.97 Å². The Labute approximate surface area is 63.0 Å². The summed E-state index contributed by atoms with van der Waals surface area (Å²) in [6.07, 6.45) is 3.72. The van der Waals surface area contributed by atoms with Gasteiger partial charge in [0.1, 0.15) is 0 Å². The summed E-state index contributed by atoms with van der Waals surface area (Å²) in [7, 11) is 0. The van der Waals surface area contributed by atoms with Crippen molar-refractivity contribution in [2.75, 3.05) is 6.26 Å². The molecule has 0 aliphatic rings. The molecule has 0 aliphatic carbocycles. The first kappa shape index (κ1) is 6.96. The Morgan fingerprint density at radius 3 is 3.00 bits per heavy atom. The largest absolute Gasteiger partial charge is 0.336 e. The van der Waals surface area contributed by atoms with E-state index in [9.17, 15) is 0 Å². The summed E-state index contributed by atoms with van der Waals surface area (Å²) in [4.78, 5) is 7.06. The van der Waals surface area contributed by atoms with Crippen molar-refractivity contribution < 1.29 is 0 Å². The maximum absolute atomic E-state index is 5.52. The number of H-pyrrole nitrogens is 1. The highest BCUT2D eigenvalue weighted by molar-refractivity contribution is 7.98. The van der Waals surface area contributed by atoms with Gasteiger partial charge in [-0.25, -0.2) is 4.98 Å². The molecule has 9 heavy (non-hydrogen) atoms. The Morgan fingerprint density at radius 1 is 1.89 bits per heavy atom. The number of rotatable bonds is 2. The Balaban J connectivity index is 2.74. The van der Waals surface area contributed by atoms with Crippen molar-refractivity contribution in [3.05, 3.63) is 11.9 Å². The van der Waals surface area contributed by atoms with Crippen LogP contribution in [0.5, 0.6) is 0 Å². The van der Waals surface area contributed by atoms with E-state index in [1.165, 1.54) is 0 Å². The summed E-state index contributed by atoms with van der Waals surface area (Å²) in [6, 6.07) is 0. The Hall–Kier alpha value is -0.150. The second-order valence-corrected chi connectivity index (χ2v) is 2.61. The molecule has 0 radical (unpaired) electrons. The van der Waals surface area contributed by atoms with E-state index in [0.717, 1.165) is 10.9 Å². The summed E-state index contributed by atoms with van der Waals surface area (Å²) in [5.41, 5.74) is 0.973. The zero-order valence-corrected chi connectivity index (χ0v) is 6.59. The summed E-state index contributed by atoms with van der Waals surface area (Å²) < 4.78 is 0. The van der Waals surface area contributed by atoms with Crippen molar-refractivity contribution in [3.8, 4) is 0 Å². The number of nitrogens with one attached hydrogen (secondary N) is 1. The zero-order valence-electron chi connectivity index (χ0n) is 5.02. The molecule has 0 saturated carbocycles. The minimum atomic E-state index is 0.508. The molecule has 0 saturated heterocycles. The minimum Gasteiger partial charge on any atom is -0.336 e. The van der Waals surface area contributed by atoms with Gasteiger partial charge < -0.3 is 4.98 Å². The van der Waals surface area contributed by atoms with Crippen LogP contribution in [-0.4, -0.2) is 16.2 Å². The van der Waals surface area contributed by atoms with E-state index in [1.807, 2.05) is 6.26 Å². The predicted octanol–water partition coefficient (Wildman–Crippen LogP) is 1.87. The molecule has 0 unspecified atom stereocenters. The van der Waals surface area contributed by atoms with Crippen LogP contribution in [0.25, 0.3) is 0 Å². The highest BCUT2D eigenvalue weighted by atomic mass is 35.5. The number of hydrogen-bond donors (Lipinski definition) is 1. The van der Waals surface area contributed by atoms with Crippen LogP contribution in [0.15, 0.2) is 11.4 Å². The number of aromatic nitrogens is 2. The molecule has 1 N–H and O–H groups in total. The van der Waals surface area contributed by atoms with E-state index >= 15 is 0 Å². The average Bonchev–Trinajstić information content (AvgIpc) is 2.34. The minimum absolute atomic E-state index is 0.508. The van der Waals surface area contributed by atoms with Crippen LogP contribution in [0.3, 0.4) is 0 Å². The molecule has 1 aromatic heterocycles. The van der Waals surface area contributed by atoms with Crippen LogP contribution in [0.4, 0.5) is 0 Å². The highest BCUT2D eigenvalue weighted by Crippen LogP contribution is 2.09. The molecule has 0 aliphatic heterocycles. The van der Waals surface area contributed by atoms with E-state index < -0.39 is 0 Å². The van der Waals surface area contributed by atoms with Crippen LogP contribution in [0.1, 0.15) is 5.69 Å². The van der Waals surface area contributed by atoms with Gasteiger partial charge in [0.25, 0.3) is 0 Å². The summed E-state index contributed by atoms with van der Waals surface area (Å²) in [6.45, 7) is 0. The second-order valence-electron chi connectivity index (χ2n) is 1.55. The van der Waals surface area contributed by atoms with Crippen molar-refractivity contribution in [2.45, 2.75) is 11.0 Å². The van der Waals surface area contributed by atoms with Crippen molar-refractivity contribution in [2.24, 2.45) is 0 Å². The lowest BCUT2D eigenvalue weighted by Crippen LogP contribution is -1.74. The van der Waals surface area contributed by atoms with Gasteiger partial charge in [0.05, 0.1) is 17.8 Å². The molecular weight excluding hydrogens is 156 g/mol. The third-order valence-corrected chi connectivity index (χ3v) is 1.82. The van der Waals surface area contributed by atoms with Gasteiger partial charge in [0.2, 0.25) is 0 Å². The van der Waals surface area contributed by atoms with E-state index in [4.69, 9.17) is 11.6 Å². The third kappa shape index (κ3) is 1.63. The number of imidazole rings is 1. The maximum Gasteiger partial charge on any atom is 0.165 e. The summed E-state index contributed by atoms with van der Waals surface area (Å²) in [5.74, 6) is 0.508. The second kappa shape index (κ2) is 3.13.